The number of nitrogens with two attached hydrogens (primary N) is 1. The van der Waals surface area contributed by atoms with E-state index in [1.165, 1.54) is 6.42 Å². The molecule has 3 N–H and O–H groups in total. The summed E-state index contributed by atoms with van der Waals surface area (Å²) in [4.78, 5) is 8.24. The molecule has 0 aliphatic heterocycles. The van der Waals surface area contributed by atoms with Crippen LogP contribution >= 0.6 is 0 Å². The van der Waals surface area contributed by atoms with Crippen LogP contribution in [0.1, 0.15) is 19.3 Å². The van der Waals surface area contributed by atoms with E-state index < -0.39 is 0 Å². The second kappa shape index (κ2) is 43.0. The summed E-state index contributed by atoms with van der Waals surface area (Å²) in [7, 11) is 0. The molecule has 0 amide bonds. The summed E-state index contributed by atoms with van der Waals surface area (Å²) in [5.41, 5.74) is 0. The summed E-state index contributed by atoms with van der Waals surface area (Å²) in [6, 6.07) is 0. The Kier molecular flexibility index (Phi) is 115. The monoisotopic (exact) mass is 404 g/mol. The third-order valence-electron chi connectivity index (χ3n) is 0.500. The maximum atomic E-state index is 8.24. The van der Waals surface area contributed by atoms with Crippen LogP contribution in [0.15, 0.2) is 0 Å². The summed E-state index contributed by atoms with van der Waals surface area (Å²) in [5.74, 6) is 0. The van der Waals surface area contributed by atoms with E-state index in [1.54, 1.807) is 0 Å². The minimum atomic E-state index is 0. The fraction of sp³-hybridized carbons (Fsp3) is 0.500. The molecule has 0 heterocycles. The topological polar surface area (TPSA) is 70.8 Å². The van der Waals surface area contributed by atoms with Crippen LogP contribution < -0.4 is 0 Å². The molecule has 0 unspecified atom stereocenters. The molecule has 0 aliphatic carbocycles. The minimum Gasteiger partial charge on any atom is -0.693 e. The van der Waals surface area contributed by atoms with Gasteiger partial charge in [0.1, 0.15) is 0 Å². The van der Waals surface area contributed by atoms with Crippen LogP contribution in [0.25, 0.3) is 6.15 Å². The molecule has 0 saturated heterocycles. The number of unbranched alkanes of at least 4 members (excludes halogenated alkanes) is 2. The summed E-state index contributed by atoms with van der Waals surface area (Å²) in [6.45, 7) is 7.77. The smallest absolute Gasteiger partial charge is 0.693 e. The molecule has 11 heavy (non-hydrogen) atoms. The van der Waals surface area contributed by atoms with Gasteiger partial charge in [0.05, 0.1) is 0 Å². The number of aliphatic hydroxyl groups excluding tert-OH is 1. The molecule has 0 aromatic carbocycles. The van der Waals surface area contributed by atoms with Crippen molar-refractivity contribution in [3.8, 4) is 0 Å². The van der Waals surface area contributed by atoms with E-state index in [0.29, 0.717) is 6.47 Å². The summed E-state index contributed by atoms with van der Waals surface area (Å²) in [5, 5.41) is 6.76. The summed E-state index contributed by atoms with van der Waals surface area (Å²) < 4.78 is 0. The maximum absolute atomic E-state index is 8.24. The Morgan fingerprint density at radius 1 is 1.27 bits per heavy atom. The number of hydrogen-bond acceptors (Lipinski definition) is 1. The SMILES string of the molecule is O=[C-]O.[CH2-]CCC[CH2-].[NH2-].[W+2].[Y]. The molecule has 0 fully saturated rings. The van der Waals surface area contributed by atoms with Crippen molar-refractivity contribution in [2.45, 2.75) is 19.3 Å². The number of hydrogen-bond donors (Lipinski definition) is 1. The molecule has 0 aromatic rings. The van der Waals surface area contributed by atoms with Crippen LogP contribution in [-0.4, -0.2) is 11.6 Å². The van der Waals surface area contributed by atoms with E-state index in [4.69, 9.17) is 9.90 Å². The van der Waals surface area contributed by atoms with E-state index >= 15 is 0 Å². The first-order chi connectivity index (χ1) is 3.83. The average Bonchev–Trinajstić information content (AvgIpc) is 1.71. The van der Waals surface area contributed by atoms with Gasteiger partial charge in [0.25, 0.3) is 0 Å². The van der Waals surface area contributed by atoms with E-state index in [1.807, 2.05) is 0 Å². The first kappa shape index (κ1) is 29.5. The van der Waals surface area contributed by atoms with Gasteiger partial charge in [-0.15, -0.1) is 6.42 Å². The molecule has 1 radical (unpaired) electrons. The molecule has 0 saturated carbocycles. The molecular formula is C6H13NO2WY-2. The second-order valence-electron chi connectivity index (χ2n) is 1.15. The Hall–Kier alpha value is 1.22. The first-order valence-electron chi connectivity index (χ1n) is 2.43. The Morgan fingerprint density at radius 3 is 1.45 bits per heavy atom. The fourth-order valence-corrected chi connectivity index (χ4v) is 0.177. The van der Waals surface area contributed by atoms with E-state index in [0.717, 1.165) is 12.8 Å². The van der Waals surface area contributed by atoms with Crippen molar-refractivity contribution < 1.29 is 63.7 Å². The van der Waals surface area contributed by atoms with Gasteiger partial charge in [-0.3, -0.25) is 0 Å². The Balaban J connectivity index is -0.0000000183. The van der Waals surface area contributed by atoms with Crippen molar-refractivity contribution in [2.24, 2.45) is 0 Å². The van der Waals surface area contributed by atoms with Crippen LogP contribution in [0.5, 0.6) is 0 Å². The standard InChI is InChI=1S/C5H10.CHO2.H2N.W.Y/c1-3-5-4-2;2-1-3;;;/h1-5H2;(H,2,3);1H2;;/q-2;2*-1;+2;. The predicted octanol–water partition coefficient (Wildman–Crippen LogP) is 2.15. The zero-order valence-electron chi connectivity index (χ0n) is 6.45. The third kappa shape index (κ3) is 91.9. The normalized spacial score (nSPS) is 4.91. The summed E-state index contributed by atoms with van der Waals surface area (Å²) >= 11 is 0. The van der Waals surface area contributed by atoms with Gasteiger partial charge in [-0.1, -0.05) is 6.47 Å². The Labute approximate surface area is 108 Å². The van der Waals surface area contributed by atoms with Gasteiger partial charge in [0, 0.05) is 32.7 Å². The van der Waals surface area contributed by atoms with Gasteiger partial charge in [-0.2, -0.15) is 12.8 Å². The van der Waals surface area contributed by atoms with Crippen molar-refractivity contribution in [1.29, 1.82) is 0 Å². The molecular weight excluding hydrogens is 391 g/mol. The molecule has 0 bridgehead atoms. The van der Waals surface area contributed by atoms with Crippen LogP contribution in [0.3, 0.4) is 0 Å². The van der Waals surface area contributed by atoms with Crippen LogP contribution in [0.2, 0.25) is 0 Å². The van der Waals surface area contributed by atoms with Crippen molar-refractivity contribution in [3.63, 3.8) is 0 Å². The van der Waals surface area contributed by atoms with Crippen LogP contribution in [0.4, 0.5) is 0 Å². The van der Waals surface area contributed by atoms with Crippen LogP contribution in [0, 0.1) is 13.8 Å². The largest absolute Gasteiger partial charge is 2.00 e. The quantitative estimate of drug-likeness (QED) is 0.717. The van der Waals surface area contributed by atoms with Crippen molar-refractivity contribution in [2.75, 3.05) is 0 Å². The van der Waals surface area contributed by atoms with Gasteiger partial charge in [0.2, 0.25) is 0 Å². The maximum Gasteiger partial charge on any atom is 2.00 e. The molecule has 65 valence electrons. The predicted molar refractivity (Wildman–Crippen MR) is 38.2 cm³/mol. The summed E-state index contributed by atoms with van der Waals surface area (Å²) in [6.07, 6.45) is 3.23. The Morgan fingerprint density at radius 2 is 1.45 bits per heavy atom. The van der Waals surface area contributed by atoms with E-state index in [-0.39, 0.29) is 59.9 Å². The molecule has 0 atom stereocenters. The van der Waals surface area contributed by atoms with Gasteiger partial charge in [0.15, 0.2) is 0 Å². The Bertz CT molecular complexity index is 47.6. The molecule has 0 aliphatic rings. The van der Waals surface area contributed by atoms with E-state index in [2.05, 4.69) is 13.8 Å². The molecule has 0 aromatic heterocycles. The zero-order chi connectivity index (χ0) is 6.83. The number of rotatable bonds is 2. The molecule has 5 heteroatoms. The average molecular weight is 404 g/mol. The van der Waals surface area contributed by atoms with Crippen molar-refractivity contribution in [3.05, 3.63) is 20.0 Å². The zero-order valence-corrected chi connectivity index (χ0v) is 12.2. The van der Waals surface area contributed by atoms with Gasteiger partial charge < -0.3 is 29.9 Å². The molecule has 3 nitrogen and oxygen atoms in total. The van der Waals surface area contributed by atoms with Crippen molar-refractivity contribution >= 4 is 6.47 Å². The second-order valence-corrected chi connectivity index (χ2v) is 1.15. The first-order valence-corrected chi connectivity index (χ1v) is 2.43. The van der Waals surface area contributed by atoms with Crippen molar-refractivity contribution in [1.82, 2.24) is 0 Å². The third-order valence-corrected chi connectivity index (χ3v) is 0.500. The van der Waals surface area contributed by atoms with E-state index in [9.17, 15) is 0 Å². The minimum absolute atomic E-state index is 0. The van der Waals surface area contributed by atoms with Crippen LogP contribution in [-0.2, 0) is 58.6 Å². The van der Waals surface area contributed by atoms with Gasteiger partial charge in [-0.25, -0.2) is 0 Å². The fourth-order valence-electron chi connectivity index (χ4n) is 0.177. The van der Waals surface area contributed by atoms with Gasteiger partial charge in [-0.05, 0) is 0 Å². The molecule has 0 spiro atoms. The van der Waals surface area contributed by atoms with Gasteiger partial charge >= 0.3 is 21.1 Å². The molecule has 0 rings (SSSR count).